The Kier molecular flexibility index (Phi) is 3.74. The van der Waals surface area contributed by atoms with Crippen LogP contribution in [0.25, 0.3) is 0 Å². The second kappa shape index (κ2) is 5.27. The molecule has 2 rings (SSSR count). The van der Waals surface area contributed by atoms with Crippen LogP contribution in [-0.2, 0) is 0 Å². The summed E-state index contributed by atoms with van der Waals surface area (Å²) in [5.74, 6) is 0.0433. The first-order chi connectivity index (χ1) is 7.81. The lowest BCUT2D eigenvalue weighted by molar-refractivity contribution is 0.320. The first kappa shape index (κ1) is 11.4. The van der Waals surface area contributed by atoms with Crippen LogP contribution in [0.3, 0.4) is 0 Å². The van der Waals surface area contributed by atoms with Gasteiger partial charge >= 0.3 is 0 Å². The molecule has 3 nitrogen and oxygen atoms in total. The van der Waals surface area contributed by atoms with Gasteiger partial charge in [-0.15, -0.1) is 0 Å². The van der Waals surface area contributed by atoms with Crippen molar-refractivity contribution in [3.8, 4) is 5.75 Å². The third-order valence-corrected chi connectivity index (χ3v) is 2.70. The van der Waals surface area contributed by atoms with E-state index >= 15 is 0 Å². The zero-order valence-electron chi connectivity index (χ0n) is 9.42. The van der Waals surface area contributed by atoms with Crippen LogP contribution < -0.4 is 15.4 Å². The van der Waals surface area contributed by atoms with E-state index in [2.05, 4.69) is 10.6 Å². The maximum absolute atomic E-state index is 13.6. The predicted molar refractivity (Wildman–Crippen MR) is 61.2 cm³/mol. The van der Waals surface area contributed by atoms with Gasteiger partial charge < -0.3 is 15.4 Å². The smallest absolute Gasteiger partial charge is 0.165 e. The van der Waals surface area contributed by atoms with E-state index in [1.54, 1.807) is 12.1 Å². The van der Waals surface area contributed by atoms with Crippen LogP contribution in [0.1, 0.15) is 18.5 Å². The fourth-order valence-corrected chi connectivity index (χ4v) is 1.90. The van der Waals surface area contributed by atoms with E-state index in [-0.39, 0.29) is 11.9 Å². The van der Waals surface area contributed by atoms with E-state index in [4.69, 9.17) is 4.74 Å². The zero-order valence-corrected chi connectivity index (χ0v) is 9.42. The van der Waals surface area contributed by atoms with Crippen LogP contribution in [-0.4, -0.2) is 26.2 Å². The van der Waals surface area contributed by atoms with Gasteiger partial charge in [-0.1, -0.05) is 6.07 Å². The summed E-state index contributed by atoms with van der Waals surface area (Å²) in [5.41, 5.74) is 0.966. The number of rotatable bonds is 3. The minimum absolute atomic E-state index is 0.193. The van der Waals surface area contributed by atoms with E-state index in [1.165, 1.54) is 0 Å². The maximum Gasteiger partial charge on any atom is 0.165 e. The molecule has 0 bridgehead atoms. The highest BCUT2D eigenvalue weighted by Crippen LogP contribution is 2.22. The Morgan fingerprint density at radius 1 is 1.44 bits per heavy atom. The van der Waals surface area contributed by atoms with Crippen LogP contribution in [0, 0.1) is 5.82 Å². The average Bonchev–Trinajstić information content (AvgIpc) is 2.33. The number of nitrogens with one attached hydrogen (secondary N) is 2. The molecule has 0 spiro atoms. The van der Waals surface area contributed by atoms with Crippen molar-refractivity contribution in [1.29, 1.82) is 0 Å². The monoisotopic (exact) mass is 224 g/mol. The Morgan fingerprint density at radius 3 is 2.94 bits per heavy atom. The Hall–Kier alpha value is -1.13. The number of benzene rings is 1. The molecule has 1 fully saturated rings. The summed E-state index contributed by atoms with van der Waals surface area (Å²) in [5, 5.41) is 6.62. The highest BCUT2D eigenvalue weighted by molar-refractivity contribution is 5.31. The number of ether oxygens (including phenoxy) is 1. The third-order valence-electron chi connectivity index (χ3n) is 2.70. The molecular formula is C12H17FN2O. The quantitative estimate of drug-likeness (QED) is 0.815. The van der Waals surface area contributed by atoms with Gasteiger partial charge in [-0.3, -0.25) is 0 Å². The Labute approximate surface area is 95.0 Å². The molecule has 0 saturated carbocycles. The standard InChI is InChI=1S/C12H17FN2O/c1-2-16-12-4-3-9(7-10(12)13)11-8-14-5-6-15-11/h3-4,7,11,14-15H,2,5-6,8H2,1H3. The van der Waals surface area contributed by atoms with E-state index in [0.717, 1.165) is 25.2 Å². The fourth-order valence-electron chi connectivity index (χ4n) is 1.90. The van der Waals surface area contributed by atoms with Crippen LogP contribution in [0.4, 0.5) is 4.39 Å². The molecule has 1 aromatic carbocycles. The lowest BCUT2D eigenvalue weighted by Gasteiger charge is -2.25. The van der Waals surface area contributed by atoms with Gasteiger partial charge in [0.05, 0.1) is 6.61 Å². The van der Waals surface area contributed by atoms with Crippen molar-refractivity contribution >= 4 is 0 Å². The maximum atomic E-state index is 13.6. The number of piperazine rings is 1. The molecular weight excluding hydrogens is 207 g/mol. The number of hydrogen-bond donors (Lipinski definition) is 2. The van der Waals surface area contributed by atoms with Crippen LogP contribution in [0.15, 0.2) is 18.2 Å². The first-order valence-corrected chi connectivity index (χ1v) is 5.67. The van der Waals surface area contributed by atoms with Crippen LogP contribution in [0.5, 0.6) is 5.75 Å². The molecule has 16 heavy (non-hydrogen) atoms. The summed E-state index contributed by atoms with van der Waals surface area (Å²) in [4.78, 5) is 0. The SMILES string of the molecule is CCOc1ccc(C2CNCCN2)cc1F. The zero-order chi connectivity index (χ0) is 11.4. The van der Waals surface area contributed by atoms with Gasteiger partial charge in [0.1, 0.15) is 0 Å². The van der Waals surface area contributed by atoms with Crippen molar-refractivity contribution in [2.75, 3.05) is 26.2 Å². The first-order valence-electron chi connectivity index (χ1n) is 5.67. The fraction of sp³-hybridized carbons (Fsp3) is 0.500. The van der Waals surface area contributed by atoms with Gasteiger partial charge in [-0.05, 0) is 24.6 Å². The summed E-state index contributed by atoms with van der Waals surface area (Å²) >= 11 is 0. The molecule has 1 aliphatic rings. The topological polar surface area (TPSA) is 33.3 Å². The van der Waals surface area contributed by atoms with Gasteiger partial charge in [0.15, 0.2) is 11.6 Å². The van der Waals surface area contributed by atoms with Crippen molar-refractivity contribution in [3.05, 3.63) is 29.6 Å². The highest BCUT2D eigenvalue weighted by Gasteiger charge is 2.15. The van der Waals surface area contributed by atoms with Crippen molar-refractivity contribution in [2.45, 2.75) is 13.0 Å². The molecule has 1 aliphatic heterocycles. The summed E-state index contributed by atoms with van der Waals surface area (Å²) in [7, 11) is 0. The van der Waals surface area contributed by atoms with Crippen molar-refractivity contribution in [3.63, 3.8) is 0 Å². The number of hydrogen-bond acceptors (Lipinski definition) is 3. The third kappa shape index (κ3) is 2.51. The lowest BCUT2D eigenvalue weighted by Crippen LogP contribution is -2.42. The van der Waals surface area contributed by atoms with Crippen molar-refractivity contribution in [1.82, 2.24) is 10.6 Å². The van der Waals surface area contributed by atoms with E-state index in [1.807, 2.05) is 13.0 Å². The molecule has 2 N–H and O–H groups in total. The molecule has 88 valence electrons. The van der Waals surface area contributed by atoms with Crippen molar-refractivity contribution < 1.29 is 9.13 Å². The predicted octanol–water partition coefficient (Wildman–Crippen LogP) is 1.46. The second-order valence-electron chi connectivity index (χ2n) is 3.83. The highest BCUT2D eigenvalue weighted by atomic mass is 19.1. The van der Waals surface area contributed by atoms with E-state index < -0.39 is 0 Å². The van der Waals surface area contributed by atoms with Gasteiger partial charge in [-0.25, -0.2) is 4.39 Å². The van der Waals surface area contributed by atoms with E-state index in [9.17, 15) is 4.39 Å². The Balaban J connectivity index is 2.13. The summed E-state index contributed by atoms with van der Waals surface area (Å²) in [6.07, 6.45) is 0. The molecule has 4 heteroatoms. The van der Waals surface area contributed by atoms with Gasteiger partial charge in [-0.2, -0.15) is 0 Å². The van der Waals surface area contributed by atoms with Crippen LogP contribution >= 0.6 is 0 Å². The number of halogens is 1. The molecule has 0 radical (unpaired) electrons. The molecule has 1 heterocycles. The van der Waals surface area contributed by atoms with Crippen molar-refractivity contribution in [2.24, 2.45) is 0 Å². The summed E-state index contributed by atoms with van der Waals surface area (Å²) in [6.45, 7) is 5.06. The van der Waals surface area contributed by atoms with E-state index in [0.29, 0.717) is 12.4 Å². The molecule has 0 amide bonds. The second-order valence-corrected chi connectivity index (χ2v) is 3.83. The van der Waals surface area contributed by atoms with Crippen LogP contribution in [0.2, 0.25) is 0 Å². The molecule has 1 saturated heterocycles. The lowest BCUT2D eigenvalue weighted by atomic mass is 10.1. The molecule has 1 unspecified atom stereocenters. The molecule has 1 atom stereocenters. The summed E-state index contributed by atoms with van der Waals surface area (Å²) in [6, 6.07) is 5.36. The van der Waals surface area contributed by atoms with Gasteiger partial charge in [0.2, 0.25) is 0 Å². The molecule has 0 aromatic heterocycles. The Bertz CT molecular complexity index is 351. The molecule has 0 aliphatic carbocycles. The minimum Gasteiger partial charge on any atom is -0.491 e. The summed E-state index contributed by atoms with van der Waals surface area (Å²) < 4.78 is 18.8. The Morgan fingerprint density at radius 2 is 2.31 bits per heavy atom. The minimum atomic E-state index is -0.285. The van der Waals surface area contributed by atoms with Gasteiger partial charge in [0.25, 0.3) is 0 Å². The normalized spacial score (nSPS) is 20.8. The largest absolute Gasteiger partial charge is 0.491 e. The molecule has 1 aromatic rings. The average molecular weight is 224 g/mol. The van der Waals surface area contributed by atoms with Gasteiger partial charge in [0, 0.05) is 25.7 Å².